The summed E-state index contributed by atoms with van der Waals surface area (Å²) in [6.45, 7) is 4.05. The van der Waals surface area contributed by atoms with Crippen LogP contribution < -0.4 is 11.1 Å². The highest BCUT2D eigenvalue weighted by Crippen LogP contribution is 2.33. The monoisotopic (exact) mass is 390 g/mol. The van der Waals surface area contributed by atoms with Crippen LogP contribution in [-0.4, -0.2) is 28.7 Å². The second kappa shape index (κ2) is 7.98. The summed E-state index contributed by atoms with van der Waals surface area (Å²) < 4.78 is 26.4. The van der Waals surface area contributed by atoms with E-state index in [9.17, 15) is 13.6 Å². The normalized spacial score (nSPS) is 12.2. The number of nitrogens with two attached hydrogens (primary N) is 1. The number of aromatic nitrogens is 2. The van der Waals surface area contributed by atoms with Gasteiger partial charge in [-0.05, 0) is 49.6 Å². The average Bonchev–Trinajstić information content (AvgIpc) is 3.22. The van der Waals surface area contributed by atoms with Crippen LogP contribution in [0.1, 0.15) is 26.5 Å². The number of carbonyl (C=O) groups is 1. The maximum absolute atomic E-state index is 13.4. The summed E-state index contributed by atoms with van der Waals surface area (Å²) in [5.41, 5.74) is 9.21. The largest absolute Gasteiger partial charge is 0.347 e. The number of hydrogen-bond donors (Lipinski definition) is 3. The van der Waals surface area contributed by atoms with Gasteiger partial charge in [0.15, 0.2) is 11.6 Å². The Morgan fingerprint density at radius 3 is 2.70 bits per heavy atom. The molecule has 5 nitrogen and oxygen atoms in total. The Morgan fingerprint density at radius 2 is 2.07 bits per heavy atom. The fourth-order valence-corrected chi connectivity index (χ4v) is 3.98. The summed E-state index contributed by atoms with van der Waals surface area (Å²) in [4.78, 5) is 14.2. The van der Waals surface area contributed by atoms with E-state index in [1.165, 1.54) is 17.4 Å². The molecule has 0 aliphatic carbocycles. The van der Waals surface area contributed by atoms with Crippen molar-refractivity contribution in [2.45, 2.75) is 26.3 Å². The molecule has 0 aliphatic rings. The molecule has 0 saturated heterocycles. The zero-order valence-corrected chi connectivity index (χ0v) is 15.8. The number of H-pyrrole nitrogens is 1. The summed E-state index contributed by atoms with van der Waals surface area (Å²) in [6.07, 6.45) is 2.05. The van der Waals surface area contributed by atoms with Gasteiger partial charge in [0.25, 0.3) is 5.91 Å². The Labute approximate surface area is 159 Å². The van der Waals surface area contributed by atoms with Crippen molar-refractivity contribution in [3.05, 3.63) is 63.8 Å². The molecule has 1 amide bonds. The van der Waals surface area contributed by atoms with Gasteiger partial charge in [0.1, 0.15) is 0 Å². The van der Waals surface area contributed by atoms with Crippen LogP contribution in [0.2, 0.25) is 0 Å². The van der Waals surface area contributed by atoms with Crippen LogP contribution >= 0.6 is 11.3 Å². The zero-order valence-electron chi connectivity index (χ0n) is 15.0. The minimum atomic E-state index is -0.913. The van der Waals surface area contributed by atoms with Crippen LogP contribution in [0.15, 0.2) is 30.5 Å². The lowest BCUT2D eigenvalue weighted by Gasteiger charge is -2.16. The molecule has 0 bridgehead atoms. The first kappa shape index (κ1) is 19.2. The van der Waals surface area contributed by atoms with E-state index in [0.29, 0.717) is 16.9 Å². The van der Waals surface area contributed by atoms with Crippen molar-refractivity contribution in [1.29, 1.82) is 0 Å². The molecular weight excluding hydrogens is 370 g/mol. The summed E-state index contributed by atoms with van der Waals surface area (Å²) >= 11 is 1.38. The van der Waals surface area contributed by atoms with E-state index in [0.717, 1.165) is 33.8 Å². The molecular formula is C19H20F2N4OS. The smallest absolute Gasteiger partial charge is 0.261 e. The molecule has 3 aromatic rings. The predicted octanol–water partition coefficient (Wildman–Crippen LogP) is 3.33. The number of aryl methyl sites for hydroxylation is 2. The number of amides is 1. The molecule has 27 heavy (non-hydrogen) atoms. The SMILES string of the molecule is Cc1cc(C(=O)NC(CN)Cc2ccc(F)c(F)c2)sc1-c1cn[nH]c1C. The Morgan fingerprint density at radius 1 is 1.30 bits per heavy atom. The van der Waals surface area contributed by atoms with Crippen LogP contribution in [0.5, 0.6) is 0 Å². The minimum absolute atomic E-state index is 0.183. The highest BCUT2D eigenvalue weighted by molar-refractivity contribution is 7.17. The second-order valence-electron chi connectivity index (χ2n) is 6.39. The van der Waals surface area contributed by atoms with Crippen molar-refractivity contribution in [1.82, 2.24) is 15.5 Å². The van der Waals surface area contributed by atoms with E-state index in [2.05, 4.69) is 15.5 Å². The lowest BCUT2D eigenvalue weighted by molar-refractivity contribution is 0.0942. The van der Waals surface area contributed by atoms with E-state index in [-0.39, 0.29) is 18.5 Å². The van der Waals surface area contributed by atoms with Crippen LogP contribution in [0.25, 0.3) is 10.4 Å². The molecule has 1 unspecified atom stereocenters. The molecule has 4 N–H and O–H groups in total. The molecule has 142 valence electrons. The van der Waals surface area contributed by atoms with Crippen molar-refractivity contribution in [2.75, 3.05) is 6.54 Å². The lowest BCUT2D eigenvalue weighted by atomic mass is 10.1. The van der Waals surface area contributed by atoms with Gasteiger partial charge in [-0.1, -0.05) is 6.07 Å². The maximum Gasteiger partial charge on any atom is 0.261 e. The van der Waals surface area contributed by atoms with E-state index >= 15 is 0 Å². The van der Waals surface area contributed by atoms with Gasteiger partial charge in [-0.3, -0.25) is 9.89 Å². The summed E-state index contributed by atoms with van der Waals surface area (Å²) in [5.74, 6) is -2.06. The first-order chi connectivity index (χ1) is 12.9. The summed E-state index contributed by atoms with van der Waals surface area (Å²) in [7, 11) is 0. The van der Waals surface area contributed by atoms with Crippen molar-refractivity contribution in [3.63, 3.8) is 0 Å². The molecule has 0 saturated carbocycles. The highest BCUT2D eigenvalue weighted by Gasteiger charge is 2.19. The molecule has 0 fully saturated rings. The summed E-state index contributed by atoms with van der Waals surface area (Å²) in [5, 5.41) is 9.79. The predicted molar refractivity (Wildman–Crippen MR) is 102 cm³/mol. The Kier molecular flexibility index (Phi) is 5.67. The standard InChI is InChI=1S/C19H20F2N4OS/c1-10-5-17(27-18(10)14-9-23-25-11(14)2)19(26)24-13(8-22)6-12-3-4-15(20)16(21)7-12/h3-5,7,9,13H,6,8,22H2,1-2H3,(H,23,25)(H,24,26). The van der Waals surface area contributed by atoms with Gasteiger partial charge in [-0.25, -0.2) is 8.78 Å². The van der Waals surface area contributed by atoms with E-state index in [1.54, 1.807) is 6.20 Å². The molecule has 2 aromatic heterocycles. The maximum atomic E-state index is 13.4. The van der Waals surface area contributed by atoms with Crippen molar-refractivity contribution < 1.29 is 13.6 Å². The third-order valence-corrected chi connectivity index (χ3v) is 5.57. The number of halogens is 2. The number of nitrogens with one attached hydrogen (secondary N) is 2. The minimum Gasteiger partial charge on any atom is -0.347 e. The molecule has 0 aliphatic heterocycles. The van der Waals surface area contributed by atoms with Crippen LogP contribution in [-0.2, 0) is 6.42 Å². The summed E-state index contributed by atoms with van der Waals surface area (Å²) in [6, 6.07) is 5.13. The van der Waals surface area contributed by atoms with Gasteiger partial charge < -0.3 is 11.1 Å². The first-order valence-corrected chi connectivity index (χ1v) is 9.26. The van der Waals surface area contributed by atoms with Gasteiger partial charge in [0.2, 0.25) is 0 Å². The van der Waals surface area contributed by atoms with Crippen LogP contribution in [0.4, 0.5) is 8.78 Å². The molecule has 3 rings (SSSR count). The topological polar surface area (TPSA) is 83.8 Å². The number of hydrogen-bond acceptors (Lipinski definition) is 4. The van der Waals surface area contributed by atoms with Crippen LogP contribution in [0.3, 0.4) is 0 Å². The Balaban J connectivity index is 1.73. The number of thiophene rings is 1. The van der Waals surface area contributed by atoms with Gasteiger partial charge in [0, 0.05) is 28.7 Å². The van der Waals surface area contributed by atoms with E-state index in [4.69, 9.17) is 5.73 Å². The van der Waals surface area contributed by atoms with Crippen molar-refractivity contribution in [3.8, 4) is 10.4 Å². The quantitative estimate of drug-likeness (QED) is 0.604. The molecule has 0 spiro atoms. The van der Waals surface area contributed by atoms with Gasteiger partial charge in [-0.2, -0.15) is 5.10 Å². The average molecular weight is 390 g/mol. The Hall–Kier alpha value is -2.58. The molecule has 0 radical (unpaired) electrons. The number of nitrogens with zero attached hydrogens (tertiary/aromatic N) is 1. The first-order valence-electron chi connectivity index (χ1n) is 8.44. The van der Waals surface area contributed by atoms with Gasteiger partial charge in [-0.15, -0.1) is 11.3 Å². The third-order valence-electron chi connectivity index (χ3n) is 4.30. The van der Waals surface area contributed by atoms with Gasteiger partial charge >= 0.3 is 0 Å². The van der Waals surface area contributed by atoms with Crippen molar-refractivity contribution in [2.24, 2.45) is 5.73 Å². The number of aromatic amines is 1. The van der Waals surface area contributed by atoms with Crippen molar-refractivity contribution >= 4 is 17.2 Å². The molecule has 8 heteroatoms. The van der Waals surface area contributed by atoms with Gasteiger partial charge in [0.05, 0.1) is 11.1 Å². The fourth-order valence-electron chi connectivity index (χ4n) is 2.84. The molecule has 1 aromatic carbocycles. The molecule has 1 atom stereocenters. The number of benzene rings is 1. The number of carbonyl (C=O) groups excluding carboxylic acids is 1. The van der Waals surface area contributed by atoms with E-state index < -0.39 is 11.6 Å². The molecule has 2 heterocycles. The highest BCUT2D eigenvalue weighted by atomic mass is 32.1. The van der Waals surface area contributed by atoms with Crippen LogP contribution in [0, 0.1) is 25.5 Å². The third kappa shape index (κ3) is 4.23. The zero-order chi connectivity index (χ0) is 19.6. The lowest BCUT2D eigenvalue weighted by Crippen LogP contribution is -2.41. The fraction of sp³-hybridized carbons (Fsp3) is 0.263. The second-order valence-corrected chi connectivity index (χ2v) is 7.44. The Bertz CT molecular complexity index is 967. The van der Waals surface area contributed by atoms with E-state index in [1.807, 2.05) is 19.9 Å². The number of rotatable bonds is 6.